The van der Waals surface area contributed by atoms with E-state index >= 15 is 0 Å². The Morgan fingerprint density at radius 3 is 3.09 bits per heavy atom. The highest BCUT2D eigenvalue weighted by atomic mass is 32.1. The Labute approximate surface area is 139 Å². The van der Waals surface area contributed by atoms with E-state index in [1.165, 1.54) is 16.9 Å². The zero-order valence-corrected chi connectivity index (χ0v) is 14.0. The number of aryl methyl sites for hydroxylation is 2. The van der Waals surface area contributed by atoms with Crippen molar-refractivity contribution in [2.45, 2.75) is 38.0 Å². The van der Waals surface area contributed by atoms with Crippen molar-refractivity contribution >= 4 is 23.2 Å². The number of aromatic nitrogens is 2. The third-order valence-electron chi connectivity index (χ3n) is 5.18. The molecule has 3 heterocycles. The van der Waals surface area contributed by atoms with Gasteiger partial charge in [0.1, 0.15) is 0 Å². The standard InChI is InChI=1S/C17H20N4OS/c1-11-4-8-23-13(11)15(22)21-7-2-5-17(10-21)6-3-12-9-19-16(18)20-14(12)17/h4,8-9H,2-3,5-7,10H2,1H3,(H2,18,19,20). The third kappa shape index (κ3) is 2.32. The highest BCUT2D eigenvalue weighted by Crippen LogP contribution is 2.44. The Bertz CT molecular complexity index is 768. The fourth-order valence-electron chi connectivity index (χ4n) is 3.99. The normalized spacial score (nSPS) is 23.3. The maximum atomic E-state index is 12.9. The molecule has 1 unspecified atom stereocenters. The van der Waals surface area contributed by atoms with Crippen LogP contribution in [0.3, 0.4) is 0 Å². The van der Waals surface area contributed by atoms with Crippen molar-refractivity contribution in [1.29, 1.82) is 0 Å². The summed E-state index contributed by atoms with van der Waals surface area (Å²) >= 11 is 1.53. The van der Waals surface area contributed by atoms with Gasteiger partial charge in [0, 0.05) is 24.7 Å². The summed E-state index contributed by atoms with van der Waals surface area (Å²) in [5.74, 6) is 0.495. The first kappa shape index (κ1) is 14.6. The highest BCUT2D eigenvalue weighted by molar-refractivity contribution is 7.12. The Balaban J connectivity index is 1.65. The van der Waals surface area contributed by atoms with E-state index in [1.54, 1.807) is 0 Å². The van der Waals surface area contributed by atoms with Gasteiger partial charge in [0.15, 0.2) is 0 Å². The van der Waals surface area contributed by atoms with Crippen LogP contribution >= 0.6 is 11.3 Å². The SMILES string of the molecule is Cc1ccsc1C(=O)N1CCCC2(CCc3cnc(N)nc32)C1. The van der Waals surface area contributed by atoms with E-state index in [0.29, 0.717) is 5.95 Å². The first-order valence-corrected chi connectivity index (χ1v) is 8.92. The number of carbonyl (C=O) groups is 1. The van der Waals surface area contributed by atoms with Crippen LogP contribution in [0, 0.1) is 6.92 Å². The van der Waals surface area contributed by atoms with E-state index < -0.39 is 0 Å². The number of hydrogen-bond acceptors (Lipinski definition) is 5. The molecule has 2 aliphatic rings. The summed E-state index contributed by atoms with van der Waals surface area (Å²) < 4.78 is 0. The first-order chi connectivity index (χ1) is 11.1. The van der Waals surface area contributed by atoms with Gasteiger partial charge in [-0.2, -0.15) is 0 Å². The molecule has 2 N–H and O–H groups in total. The molecular weight excluding hydrogens is 308 g/mol. The van der Waals surface area contributed by atoms with Gasteiger partial charge in [-0.3, -0.25) is 4.79 Å². The van der Waals surface area contributed by atoms with Crippen molar-refractivity contribution < 1.29 is 4.79 Å². The zero-order valence-electron chi connectivity index (χ0n) is 13.2. The van der Waals surface area contributed by atoms with Crippen molar-refractivity contribution in [2.75, 3.05) is 18.8 Å². The molecular formula is C17H20N4OS. The highest BCUT2D eigenvalue weighted by Gasteiger charge is 2.45. The zero-order chi connectivity index (χ0) is 16.0. The fourth-order valence-corrected chi connectivity index (χ4v) is 4.88. The number of rotatable bonds is 1. The van der Waals surface area contributed by atoms with Crippen LogP contribution in [-0.2, 0) is 11.8 Å². The van der Waals surface area contributed by atoms with Crippen LogP contribution in [0.1, 0.15) is 45.8 Å². The summed E-state index contributed by atoms with van der Waals surface area (Å²) in [4.78, 5) is 24.4. The van der Waals surface area contributed by atoms with Crippen LogP contribution in [0.15, 0.2) is 17.6 Å². The number of likely N-dealkylation sites (tertiary alicyclic amines) is 1. The minimum absolute atomic E-state index is 0.0362. The van der Waals surface area contributed by atoms with E-state index in [-0.39, 0.29) is 11.3 Å². The average molecular weight is 328 g/mol. The monoisotopic (exact) mass is 328 g/mol. The van der Waals surface area contributed by atoms with Crippen LogP contribution in [-0.4, -0.2) is 33.9 Å². The average Bonchev–Trinajstić information content (AvgIpc) is 3.12. The van der Waals surface area contributed by atoms with Crippen LogP contribution in [0.2, 0.25) is 0 Å². The molecule has 1 amide bonds. The Morgan fingerprint density at radius 1 is 1.43 bits per heavy atom. The number of nitrogen functional groups attached to an aromatic ring is 1. The molecule has 1 aliphatic heterocycles. The maximum Gasteiger partial charge on any atom is 0.264 e. The van der Waals surface area contributed by atoms with Gasteiger partial charge in [-0.1, -0.05) is 0 Å². The Kier molecular flexibility index (Phi) is 3.37. The molecule has 0 saturated carbocycles. The predicted molar refractivity (Wildman–Crippen MR) is 90.6 cm³/mol. The molecule has 1 atom stereocenters. The van der Waals surface area contributed by atoms with Crippen LogP contribution in [0.4, 0.5) is 5.95 Å². The molecule has 1 saturated heterocycles. The molecule has 5 nitrogen and oxygen atoms in total. The number of fused-ring (bicyclic) bond motifs is 2. The van der Waals surface area contributed by atoms with E-state index in [9.17, 15) is 4.79 Å². The molecule has 0 aromatic carbocycles. The number of amides is 1. The van der Waals surface area contributed by atoms with Crippen molar-refractivity contribution in [3.8, 4) is 0 Å². The number of thiophene rings is 1. The Hall–Kier alpha value is -1.95. The number of carbonyl (C=O) groups excluding carboxylic acids is 1. The van der Waals surface area contributed by atoms with Gasteiger partial charge < -0.3 is 10.6 Å². The van der Waals surface area contributed by atoms with Crippen molar-refractivity contribution in [2.24, 2.45) is 0 Å². The molecule has 6 heteroatoms. The molecule has 1 aliphatic carbocycles. The van der Waals surface area contributed by atoms with Gasteiger partial charge in [0.05, 0.1) is 10.6 Å². The van der Waals surface area contributed by atoms with Gasteiger partial charge >= 0.3 is 0 Å². The Morgan fingerprint density at radius 2 is 2.30 bits per heavy atom. The lowest BCUT2D eigenvalue weighted by molar-refractivity contribution is 0.0638. The molecule has 2 aromatic rings. The topological polar surface area (TPSA) is 72.1 Å². The van der Waals surface area contributed by atoms with E-state index in [1.807, 2.05) is 29.5 Å². The van der Waals surface area contributed by atoms with E-state index in [4.69, 9.17) is 5.73 Å². The summed E-state index contributed by atoms with van der Waals surface area (Å²) in [6.07, 6.45) is 5.96. The van der Waals surface area contributed by atoms with Gasteiger partial charge in [0.2, 0.25) is 5.95 Å². The van der Waals surface area contributed by atoms with Gasteiger partial charge in [-0.05, 0) is 55.2 Å². The van der Waals surface area contributed by atoms with E-state index in [0.717, 1.165) is 54.9 Å². The first-order valence-electron chi connectivity index (χ1n) is 8.04. The molecule has 23 heavy (non-hydrogen) atoms. The number of anilines is 1. The van der Waals surface area contributed by atoms with Crippen molar-refractivity contribution in [1.82, 2.24) is 14.9 Å². The number of hydrogen-bond donors (Lipinski definition) is 1. The second-order valence-electron chi connectivity index (χ2n) is 6.65. The lowest BCUT2D eigenvalue weighted by Crippen LogP contribution is -2.48. The predicted octanol–water partition coefficient (Wildman–Crippen LogP) is 2.55. The molecule has 2 aromatic heterocycles. The minimum Gasteiger partial charge on any atom is -0.368 e. The second kappa shape index (κ2) is 5.30. The van der Waals surface area contributed by atoms with Crippen molar-refractivity contribution in [3.63, 3.8) is 0 Å². The van der Waals surface area contributed by atoms with Gasteiger partial charge in [-0.25, -0.2) is 9.97 Å². The van der Waals surface area contributed by atoms with Gasteiger partial charge in [0.25, 0.3) is 5.91 Å². The third-order valence-corrected chi connectivity index (χ3v) is 6.18. The smallest absolute Gasteiger partial charge is 0.264 e. The molecule has 120 valence electrons. The fraction of sp³-hybridized carbons (Fsp3) is 0.471. The summed E-state index contributed by atoms with van der Waals surface area (Å²) in [5.41, 5.74) is 9.11. The van der Waals surface area contributed by atoms with Crippen LogP contribution in [0.25, 0.3) is 0 Å². The van der Waals surface area contributed by atoms with Crippen LogP contribution in [0.5, 0.6) is 0 Å². The largest absolute Gasteiger partial charge is 0.368 e. The number of nitrogens with two attached hydrogens (primary N) is 1. The van der Waals surface area contributed by atoms with Crippen LogP contribution < -0.4 is 5.73 Å². The molecule has 1 fully saturated rings. The quantitative estimate of drug-likeness (QED) is 0.873. The lowest BCUT2D eigenvalue weighted by Gasteiger charge is -2.40. The summed E-state index contributed by atoms with van der Waals surface area (Å²) in [6, 6.07) is 2.01. The maximum absolute atomic E-state index is 12.9. The molecule has 4 rings (SSSR count). The summed E-state index contributed by atoms with van der Waals surface area (Å²) in [5, 5.41) is 1.99. The molecule has 0 radical (unpaired) electrons. The molecule has 0 bridgehead atoms. The second-order valence-corrected chi connectivity index (χ2v) is 7.56. The molecule has 1 spiro atoms. The number of piperidine rings is 1. The van der Waals surface area contributed by atoms with Crippen molar-refractivity contribution in [3.05, 3.63) is 39.3 Å². The minimum atomic E-state index is -0.0362. The van der Waals surface area contributed by atoms with Gasteiger partial charge in [-0.15, -0.1) is 11.3 Å². The number of nitrogens with zero attached hydrogens (tertiary/aromatic N) is 3. The summed E-state index contributed by atoms with van der Waals surface area (Å²) in [7, 11) is 0. The lowest BCUT2D eigenvalue weighted by atomic mass is 9.77. The van der Waals surface area contributed by atoms with E-state index in [2.05, 4.69) is 9.97 Å². The summed E-state index contributed by atoms with van der Waals surface area (Å²) in [6.45, 7) is 3.57.